The van der Waals surface area contributed by atoms with E-state index in [-0.39, 0.29) is 23.5 Å². The minimum Gasteiger partial charge on any atom is -0.497 e. The van der Waals surface area contributed by atoms with Gasteiger partial charge in [-0.1, -0.05) is 13.8 Å². The molecule has 0 atom stereocenters. The summed E-state index contributed by atoms with van der Waals surface area (Å²) in [6, 6.07) is 12.9. The van der Waals surface area contributed by atoms with E-state index >= 15 is 0 Å². The SMILES string of the molecule is CCC(CC)NC(=O)COc1ccc(N(C)S(=O)(=O)c2ccc(OC)cc2)cc1. The standard InChI is InChI=1S/C21H28N2O5S/c1-5-16(6-2)22-21(24)15-28-19-9-7-17(8-10-19)23(3)29(25,26)20-13-11-18(27-4)12-14-20/h7-14,16H,5-6,15H2,1-4H3,(H,22,24). The first-order chi connectivity index (χ1) is 13.8. The number of ether oxygens (including phenoxy) is 2. The van der Waals surface area contributed by atoms with Gasteiger partial charge in [0.15, 0.2) is 6.61 Å². The zero-order chi connectivity index (χ0) is 21.4. The van der Waals surface area contributed by atoms with Crippen molar-refractivity contribution in [1.29, 1.82) is 0 Å². The number of sulfonamides is 1. The summed E-state index contributed by atoms with van der Waals surface area (Å²) in [5.74, 6) is 0.895. The molecule has 0 saturated carbocycles. The molecule has 7 nitrogen and oxygen atoms in total. The Labute approximate surface area is 172 Å². The highest BCUT2D eigenvalue weighted by Crippen LogP contribution is 2.25. The lowest BCUT2D eigenvalue weighted by molar-refractivity contribution is -0.123. The molecule has 0 aliphatic rings. The Morgan fingerprint density at radius 2 is 1.55 bits per heavy atom. The van der Waals surface area contributed by atoms with Gasteiger partial charge in [-0.2, -0.15) is 0 Å². The molecular weight excluding hydrogens is 392 g/mol. The van der Waals surface area contributed by atoms with Crippen LogP contribution in [0.5, 0.6) is 11.5 Å². The number of anilines is 1. The minimum absolute atomic E-state index is 0.0875. The lowest BCUT2D eigenvalue weighted by atomic mass is 10.2. The molecule has 1 amide bonds. The van der Waals surface area contributed by atoms with Gasteiger partial charge in [-0.3, -0.25) is 9.10 Å². The lowest BCUT2D eigenvalue weighted by Gasteiger charge is -2.20. The zero-order valence-electron chi connectivity index (χ0n) is 17.2. The van der Waals surface area contributed by atoms with Gasteiger partial charge < -0.3 is 14.8 Å². The van der Waals surface area contributed by atoms with Crippen LogP contribution in [0, 0.1) is 0 Å². The number of methoxy groups -OCH3 is 1. The summed E-state index contributed by atoms with van der Waals surface area (Å²) in [6.07, 6.45) is 1.73. The number of amides is 1. The van der Waals surface area contributed by atoms with Crippen LogP contribution in [-0.4, -0.2) is 41.1 Å². The van der Waals surface area contributed by atoms with Crippen molar-refractivity contribution in [3.05, 3.63) is 48.5 Å². The Morgan fingerprint density at radius 3 is 2.07 bits per heavy atom. The van der Waals surface area contributed by atoms with Crippen molar-refractivity contribution in [2.24, 2.45) is 0 Å². The number of nitrogens with zero attached hydrogens (tertiary/aromatic N) is 1. The van der Waals surface area contributed by atoms with E-state index < -0.39 is 10.0 Å². The van der Waals surface area contributed by atoms with Gasteiger partial charge in [0.25, 0.3) is 15.9 Å². The maximum Gasteiger partial charge on any atom is 0.264 e. The topological polar surface area (TPSA) is 84.9 Å². The number of benzene rings is 2. The molecule has 0 fully saturated rings. The van der Waals surface area contributed by atoms with Gasteiger partial charge in [0, 0.05) is 13.1 Å². The van der Waals surface area contributed by atoms with E-state index in [1.54, 1.807) is 36.4 Å². The third-order valence-electron chi connectivity index (χ3n) is 4.64. The predicted molar refractivity (Wildman–Crippen MR) is 113 cm³/mol. The van der Waals surface area contributed by atoms with E-state index in [1.807, 2.05) is 13.8 Å². The molecule has 0 aromatic heterocycles. The van der Waals surface area contributed by atoms with Gasteiger partial charge in [0.2, 0.25) is 0 Å². The maximum absolute atomic E-state index is 12.8. The van der Waals surface area contributed by atoms with Crippen molar-refractivity contribution in [1.82, 2.24) is 5.32 Å². The van der Waals surface area contributed by atoms with E-state index in [2.05, 4.69) is 5.32 Å². The average Bonchev–Trinajstić information content (AvgIpc) is 2.75. The second-order valence-electron chi connectivity index (χ2n) is 6.51. The van der Waals surface area contributed by atoms with Crippen LogP contribution in [0.1, 0.15) is 26.7 Å². The molecule has 29 heavy (non-hydrogen) atoms. The third kappa shape index (κ3) is 5.87. The summed E-state index contributed by atoms with van der Waals surface area (Å²) >= 11 is 0. The van der Waals surface area contributed by atoms with Gasteiger partial charge in [-0.25, -0.2) is 8.42 Å². The smallest absolute Gasteiger partial charge is 0.264 e. The second kappa shape index (κ2) is 10.2. The Balaban J connectivity index is 2.02. The first kappa shape index (κ1) is 22.5. The second-order valence-corrected chi connectivity index (χ2v) is 8.48. The van der Waals surface area contributed by atoms with Crippen molar-refractivity contribution in [3.63, 3.8) is 0 Å². The third-order valence-corrected chi connectivity index (χ3v) is 6.44. The number of nitrogens with one attached hydrogen (secondary N) is 1. The van der Waals surface area contributed by atoms with E-state index in [4.69, 9.17) is 9.47 Å². The summed E-state index contributed by atoms with van der Waals surface area (Å²) < 4.78 is 37.3. The molecule has 2 rings (SSSR count). The first-order valence-corrected chi connectivity index (χ1v) is 10.9. The molecule has 0 bridgehead atoms. The van der Waals surface area contributed by atoms with Crippen LogP contribution < -0.4 is 19.1 Å². The monoisotopic (exact) mass is 420 g/mol. The van der Waals surface area contributed by atoms with Crippen LogP contribution in [0.15, 0.2) is 53.4 Å². The molecule has 0 spiro atoms. The quantitative estimate of drug-likeness (QED) is 0.638. The van der Waals surface area contributed by atoms with Gasteiger partial charge in [0.1, 0.15) is 11.5 Å². The number of carbonyl (C=O) groups excluding carboxylic acids is 1. The van der Waals surface area contributed by atoms with Gasteiger partial charge >= 0.3 is 0 Å². The van der Waals surface area contributed by atoms with E-state index in [1.165, 1.54) is 30.6 Å². The molecule has 2 aromatic rings. The van der Waals surface area contributed by atoms with Crippen LogP contribution in [0.25, 0.3) is 0 Å². The number of rotatable bonds is 10. The van der Waals surface area contributed by atoms with Crippen LogP contribution >= 0.6 is 0 Å². The Kier molecular flexibility index (Phi) is 7.90. The van der Waals surface area contributed by atoms with E-state index in [0.29, 0.717) is 17.2 Å². The van der Waals surface area contributed by atoms with E-state index in [0.717, 1.165) is 12.8 Å². The average molecular weight is 421 g/mol. The largest absolute Gasteiger partial charge is 0.497 e. The number of hydrogen-bond acceptors (Lipinski definition) is 5. The van der Waals surface area contributed by atoms with Gasteiger partial charge in [-0.15, -0.1) is 0 Å². The molecule has 0 aliphatic carbocycles. The molecule has 158 valence electrons. The molecule has 0 aliphatic heterocycles. The van der Waals surface area contributed by atoms with Crippen molar-refractivity contribution in [2.75, 3.05) is 25.1 Å². The molecule has 0 radical (unpaired) electrons. The van der Waals surface area contributed by atoms with Crippen molar-refractivity contribution >= 4 is 21.6 Å². The molecule has 0 unspecified atom stereocenters. The fraction of sp³-hybridized carbons (Fsp3) is 0.381. The fourth-order valence-corrected chi connectivity index (χ4v) is 3.90. The van der Waals surface area contributed by atoms with E-state index in [9.17, 15) is 13.2 Å². The minimum atomic E-state index is -3.70. The first-order valence-electron chi connectivity index (χ1n) is 9.47. The molecule has 0 heterocycles. The Hall–Kier alpha value is -2.74. The highest BCUT2D eigenvalue weighted by Gasteiger charge is 2.21. The predicted octanol–water partition coefficient (Wildman–Crippen LogP) is 3.20. The van der Waals surface area contributed by atoms with Crippen molar-refractivity contribution in [3.8, 4) is 11.5 Å². The zero-order valence-corrected chi connectivity index (χ0v) is 18.0. The summed E-state index contributed by atoms with van der Waals surface area (Å²) in [4.78, 5) is 12.1. The van der Waals surface area contributed by atoms with Crippen molar-refractivity contribution < 1.29 is 22.7 Å². The summed E-state index contributed by atoms with van der Waals surface area (Å²) in [7, 11) is -0.695. The molecular formula is C21H28N2O5S. The molecule has 8 heteroatoms. The van der Waals surface area contributed by atoms with Crippen LogP contribution in [0.3, 0.4) is 0 Å². The fourth-order valence-electron chi connectivity index (χ4n) is 2.71. The summed E-state index contributed by atoms with van der Waals surface area (Å²) in [6.45, 7) is 3.95. The Bertz CT molecular complexity index is 892. The lowest BCUT2D eigenvalue weighted by Crippen LogP contribution is -2.37. The van der Waals surface area contributed by atoms with Crippen LogP contribution in [0.4, 0.5) is 5.69 Å². The molecule has 2 aromatic carbocycles. The number of carbonyl (C=O) groups is 1. The van der Waals surface area contributed by atoms with Gasteiger partial charge in [-0.05, 0) is 61.4 Å². The highest BCUT2D eigenvalue weighted by molar-refractivity contribution is 7.92. The Morgan fingerprint density at radius 1 is 1.00 bits per heavy atom. The summed E-state index contributed by atoms with van der Waals surface area (Å²) in [5.41, 5.74) is 0.481. The number of hydrogen-bond donors (Lipinski definition) is 1. The van der Waals surface area contributed by atoms with Gasteiger partial charge in [0.05, 0.1) is 17.7 Å². The molecule has 1 N–H and O–H groups in total. The van der Waals surface area contributed by atoms with Crippen LogP contribution in [0.2, 0.25) is 0 Å². The van der Waals surface area contributed by atoms with Crippen molar-refractivity contribution in [2.45, 2.75) is 37.6 Å². The highest BCUT2D eigenvalue weighted by atomic mass is 32.2. The maximum atomic E-state index is 12.8. The molecule has 0 saturated heterocycles. The summed E-state index contributed by atoms with van der Waals surface area (Å²) in [5, 5.41) is 2.90. The normalized spacial score (nSPS) is 11.2. The van der Waals surface area contributed by atoms with Crippen LogP contribution in [-0.2, 0) is 14.8 Å².